The number of amides is 2. The molecule has 2 amide bonds. The fourth-order valence-corrected chi connectivity index (χ4v) is 3.67. The molecular weight excluding hydrogens is 420 g/mol. The van der Waals surface area contributed by atoms with Gasteiger partial charge in [0, 0.05) is 23.5 Å². The van der Waals surface area contributed by atoms with E-state index in [0.717, 1.165) is 5.56 Å². The van der Waals surface area contributed by atoms with Gasteiger partial charge in [0.2, 0.25) is 5.76 Å². The number of hydrogen-bond donors (Lipinski definition) is 1. The van der Waals surface area contributed by atoms with Gasteiger partial charge in [0.15, 0.2) is 6.10 Å². The highest BCUT2D eigenvalue weighted by Crippen LogP contribution is 2.32. The summed E-state index contributed by atoms with van der Waals surface area (Å²) in [6.07, 6.45) is -0.806. The van der Waals surface area contributed by atoms with Crippen LogP contribution >= 0.6 is 11.6 Å². The number of halogens is 1. The molecule has 3 aromatic rings. The SMILES string of the molecule is Cc1cc(Cl)ccc1OC(C)C(=O)Nc1c(C(=O)N2CCOCC2)oc2ccccc12. The molecular formula is C23H23ClN2O5. The van der Waals surface area contributed by atoms with Crippen LogP contribution in [-0.2, 0) is 9.53 Å². The first-order valence-electron chi connectivity index (χ1n) is 10.1. The van der Waals surface area contributed by atoms with Gasteiger partial charge < -0.3 is 24.1 Å². The number of nitrogens with zero attached hydrogens (tertiary/aromatic N) is 1. The molecule has 1 aliphatic heterocycles. The molecule has 1 fully saturated rings. The van der Waals surface area contributed by atoms with Gasteiger partial charge in [-0.15, -0.1) is 0 Å². The van der Waals surface area contributed by atoms with E-state index in [-0.39, 0.29) is 11.7 Å². The molecule has 2 heterocycles. The number of nitrogens with one attached hydrogen (secondary N) is 1. The van der Waals surface area contributed by atoms with Crippen molar-refractivity contribution >= 4 is 40.1 Å². The van der Waals surface area contributed by atoms with Gasteiger partial charge in [0.05, 0.1) is 13.2 Å². The third-order valence-corrected chi connectivity index (χ3v) is 5.38. The van der Waals surface area contributed by atoms with Crippen molar-refractivity contribution in [2.24, 2.45) is 0 Å². The van der Waals surface area contributed by atoms with Crippen LogP contribution < -0.4 is 10.1 Å². The topological polar surface area (TPSA) is 81.0 Å². The molecule has 7 nitrogen and oxygen atoms in total. The zero-order chi connectivity index (χ0) is 22.0. The molecule has 1 atom stereocenters. The Morgan fingerprint density at radius 1 is 1.16 bits per heavy atom. The minimum atomic E-state index is -0.806. The first-order valence-corrected chi connectivity index (χ1v) is 10.4. The highest BCUT2D eigenvalue weighted by Gasteiger charge is 2.28. The van der Waals surface area contributed by atoms with E-state index in [4.69, 9.17) is 25.5 Å². The van der Waals surface area contributed by atoms with E-state index in [9.17, 15) is 9.59 Å². The van der Waals surface area contributed by atoms with Crippen LogP contribution in [0.25, 0.3) is 11.0 Å². The van der Waals surface area contributed by atoms with Crippen LogP contribution in [0, 0.1) is 6.92 Å². The van der Waals surface area contributed by atoms with E-state index in [0.29, 0.717) is 53.7 Å². The lowest BCUT2D eigenvalue weighted by Crippen LogP contribution is -2.41. The summed E-state index contributed by atoms with van der Waals surface area (Å²) in [5.41, 5.74) is 1.70. The summed E-state index contributed by atoms with van der Waals surface area (Å²) < 4.78 is 17.0. The summed E-state index contributed by atoms with van der Waals surface area (Å²) in [5.74, 6) is -0.00566. The normalized spacial score (nSPS) is 15.0. The predicted molar refractivity (Wildman–Crippen MR) is 118 cm³/mol. The van der Waals surface area contributed by atoms with Crippen molar-refractivity contribution in [2.75, 3.05) is 31.6 Å². The van der Waals surface area contributed by atoms with Crippen LogP contribution in [0.15, 0.2) is 46.9 Å². The highest BCUT2D eigenvalue weighted by atomic mass is 35.5. The Kier molecular flexibility index (Phi) is 6.15. The molecule has 1 aliphatic rings. The third-order valence-electron chi connectivity index (χ3n) is 5.15. The monoisotopic (exact) mass is 442 g/mol. The molecule has 1 N–H and O–H groups in total. The maximum Gasteiger partial charge on any atom is 0.291 e. The van der Waals surface area contributed by atoms with Crippen LogP contribution in [-0.4, -0.2) is 49.1 Å². The molecule has 1 aromatic heterocycles. The standard InChI is InChI=1S/C23H23ClN2O5/c1-14-13-16(24)7-8-18(14)30-15(2)22(27)25-20-17-5-3-4-6-19(17)31-21(20)23(28)26-9-11-29-12-10-26/h3-8,13,15H,9-12H2,1-2H3,(H,25,27). The summed E-state index contributed by atoms with van der Waals surface area (Å²) in [6.45, 7) is 5.39. The minimum Gasteiger partial charge on any atom is -0.481 e. The van der Waals surface area contributed by atoms with Crippen LogP contribution in [0.4, 0.5) is 5.69 Å². The first kappa shape index (κ1) is 21.2. The van der Waals surface area contributed by atoms with Gasteiger partial charge in [-0.2, -0.15) is 0 Å². The largest absolute Gasteiger partial charge is 0.481 e. The summed E-state index contributed by atoms with van der Waals surface area (Å²) in [6, 6.07) is 12.4. The zero-order valence-corrected chi connectivity index (χ0v) is 18.1. The second-order valence-electron chi connectivity index (χ2n) is 7.37. The molecule has 2 aromatic carbocycles. The fourth-order valence-electron chi connectivity index (χ4n) is 3.44. The van der Waals surface area contributed by atoms with Gasteiger partial charge in [0.25, 0.3) is 11.8 Å². The van der Waals surface area contributed by atoms with E-state index < -0.39 is 12.0 Å². The van der Waals surface area contributed by atoms with Gasteiger partial charge in [-0.1, -0.05) is 23.7 Å². The van der Waals surface area contributed by atoms with Crippen molar-refractivity contribution in [3.8, 4) is 5.75 Å². The molecule has 1 unspecified atom stereocenters. The average Bonchev–Trinajstić information content (AvgIpc) is 3.14. The zero-order valence-electron chi connectivity index (χ0n) is 17.3. The number of anilines is 1. The summed E-state index contributed by atoms with van der Waals surface area (Å²) >= 11 is 5.99. The number of ether oxygens (including phenoxy) is 2. The quantitative estimate of drug-likeness (QED) is 0.638. The van der Waals surface area contributed by atoms with Gasteiger partial charge in [-0.25, -0.2) is 0 Å². The molecule has 0 bridgehead atoms. The van der Waals surface area contributed by atoms with E-state index in [2.05, 4.69) is 5.32 Å². The molecule has 0 aliphatic carbocycles. The maximum atomic E-state index is 13.1. The molecule has 4 rings (SSSR count). The second-order valence-corrected chi connectivity index (χ2v) is 7.80. The van der Waals surface area contributed by atoms with E-state index in [1.165, 1.54) is 0 Å². The first-order chi connectivity index (χ1) is 14.9. The number of benzene rings is 2. The van der Waals surface area contributed by atoms with Gasteiger partial charge in [-0.3, -0.25) is 9.59 Å². The van der Waals surface area contributed by atoms with Crippen molar-refractivity contribution in [1.29, 1.82) is 0 Å². The van der Waals surface area contributed by atoms with Crippen LogP contribution in [0.3, 0.4) is 0 Å². The van der Waals surface area contributed by atoms with Crippen molar-refractivity contribution in [1.82, 2.24) is 4.90 Å². The fraction of sp³-hybridized carbons (Fsp3) is 0.304. The van der Waals surface area contributed by atoms with Crippen LogP contribution in [0.2, 0.25) is 5.02 Å². The average molecular weight is 443 g/mol. The van der Waals surface area contributed by atoms with E-state index >= 15 is 0 Å². The predicted octanol–water partition coefficient (Wildman–Crippen LogP) is 4.27. The smallest absolute Gasteiger partial charge is 0.291 e. The molecule has 0 spiro atoms. The molecule has 31 heavy (non-hydrogen) atoms. The van der Waals surface area contributed by atoms with Crippen LogP contribution in [0.1, 0.15) is 23.0 Å². The van der Waals surface area contributed by atoms with Crippen LogP contribution in [0.5, 0.6) is 5.75 Å². The Balaban J connectivity index is 1.59. The number of carbonyl (C=O) groups excluding carboxylic acids is 2. The summed E-state index contributed by atoms with van der Waals surface area (Å²) in [5, 5.41) is 4.09. The third kappa shape index (κ3) is 4.52. The Hall–Kier alpha value is -3.03. The summed E-state index contributed by atoms with van der Waals surface area (Å²) in [7, 11) is 0. The number of rotatable bonds is 5. The lowest BCUT2D eigenvalue weighted by atomic mass is 10.2. The lowest BCUT2D eigenvalue weighted by molar-refractivity contribution is -0.122. The number of carbonyl (C=O) groups is 2. The van der Waals surface area contributed by atoms with Crippen molar-refractivity contribution in [2.45, 2.75) is 20.0 Å². The molecule has 0 radical (unpaired) electrons. The van der Waals surface area contributed by atoms with Crippen molar-refractivity contribution in [3.05, 3.63) is 58.8 Å². The number of morpholine rings is 1. The van der Waals surface area contributed by atoms with E-state index in [1.807, 2.05) is 19.1 Å². The van der Waals surface area contributed by atoms with E-state index in [1.54, 1.807) is 42.2 Å². The Labute approximate surface area is 184 Å². The molecule has 162 valence electrons. The number of fused-ring (bicyclic) bond motifs is 1. The van der Waals surface area contributed by atoms with Gasteiger partial charge in [-0.05, 0) is 49.7 Å². The lowest BCUT2D eigenvalue weighted by Gasteiger charge is -2.26. The summed E-state index contributed by atoms with van der Waals surface area (Å²) in [4.78, 5) is 27.7. The Morgan fingerprint density at radius 3 is 2.65 bits per heavy atom. The molecule has 1 saturated heterocycles. The Bertz CT molecular complexity index is 1120. The van der Waals surface area contributed by atoms with Crippen molar-refractivity contribution < 1.29 is 23.5 Å². The van der Waals surface area contributed by atoms with Gasteiger partial charge in [0.1, 0.15) is 17.0 Å². The highest BCUT2D eigenvalue weighted by molar-refractivity contribution is 6.30. The minimum absolute atomic E-state index is 0.103. The maximum absolute atomic E-state index is 13.1. The Morgan fingerprint density at radius 2 is 1.90 bits per heavy atom. The second kappa shape index (κ2) is 8.99. The number of aryl methyl sites for hydroxylation is 1. The van der Waals surface area contributed by atoms with Crippen molar-refractivity contribution in [3.63, 3.8) is 0 Å². The number of hydrogen-bond acceptors (Lipinski definition) is 5. The number of para-hydroxylation sites is 1. The molecule has 8 heteroatoms. The number of furan rings is 1. The molecule has 0 saturated carbocycles. The van der Waals surface area contributed by atoms with Gasteiger partial charge >= 0.3 is 0 Å².